The number of hydrogen-bond donors (Lipinski definition) is 1. The van der Waals surface area contributed by atoms with Gasteiger partial charge in [-0.05, 0) is 55.3 Å². The lowest BCUT2D eigenvalue weighted by atomic mass is 10.0. The Hall–Kier alpha value is -3.59. The fourth-order valence-electron chi connectivity index (χ4n) is 5.01. The van der Waals surface area contributed by atoms with Gasteiger partial charge in [-0.15, -0.1) is 0 Å². The third-order valence-corrected chi connectivity index (χ3v) is 7.37. The largest absolute Gasteiger partial charge is 0.493 e. The van der Waals surface area contributed by atoms with Crippen LogP contribution >= 0.6 is 0 Å². The first-order valence-corrected chi connectivity index (χ1v) is 14.7. The molecular formula is C34H44N2O6. The molecule has 0 saturated carbocycles. The fraction of sp³-hybridized carbons (Fsp3) is 0.441. The van der Waals surface area contributed by atoms with Crippen LogP contribution in [0.4, 0.5) is 0 Å². The van der Waals surface area contributed by atoms with E-state index < -0.39 is 0 Å². The average Bonchev–Trinajstić information content (AvgIpc) is 3.47. The second-order valence-electron chi connectivity index (χ2n) is 10.8. The van der Waals surface area contributed by atoms with Gasteiger partial charge in [0.05, 0.1) is 26.4 Å². The monoisotopic (exact) mass is 576 g/mol. The van der Waals surface area contributed by atoms with Gasteiger partial charge in [-0.3, -0.25) is 4.79 Å². The molecule has 2 atom stereocenters. The quantitative estimate of drug-likeness (QED) is 0.231. The van der Waals surface area contributed by atoms with E-state index in [-0.39, 0.29) is 24.0 Å². The van der Waals surface area contributed by atoms with Gasteiger partial charge >= 0.3 is 0 Å². The van der Waals surface area contributed by atoms with Gasteiger partial charge in [-0.1, -0.05) is 42.5 Å². The summed E-state index contributed by atoms with van der Waals surface area (Å²) < 4.78 is 28.9. The summed E-state index contributed by atoms with van der Waals surface area (Å²) in [5.74, 6) is 2.10. The molecule has 1 saturated heterocycles. The number of carbonyl (C=O) groups is 1. The van der Waals surface area contributed by atoms with Gasteiger partial charge in [0.1, 0.15) is 12.4 Å². The van der Waals surface area contributed by atoms with E-state index in [2.05, 4.69) is 23.5 Å². The first-order valence-electron chi connectivity index (χ1n) is 14.7. The van der Waals surface area contributed by atoms with Crippen molar-refractivity contribution >= 4 is 5.91 Å². The first-order chi connectivity index (χ1) is 20.5. The van der Waals surface area contributed by atoms with Crippen LogP contribution in [0.3, 0.4) is 0 Å². The number of methoxy groups -OCH3 is 2. The maximum absolute atomic E-state index is 13.7. The number of ether oxygens (including phenoxy) is 5. The molecule has 8 nitrogen and oxygen atoms in total. The molecule has 0 bridgehead atoms. The molecule has 0 aromatic heterocycles. The second kappa shape index (κ2) is 16.2. The highest BCUT2D eigenvalue weighted by Gasteiger charge is 2.32. The van der Waals surface area contributed by atoms with Crippen molar-refractivity contribution in [2.45, 2.75) is 45.6 Å². The van der Waals surface area contributed by atoms with E-state index in [9.17, 15) is 4.79 Å². The number of nitrogens with one attached hydrogen (secondary N) is 1. The predicted molar refractivity (Wildman–Crippen MR) is 163 cm³/mol. The molecule has 3 aromatic carbocycles. The van der Waals surface area contributed by atoms with Crippen LogP contribution in [0.5, 0.6) is 17.2 Å². The molecule has 0 unspecified atom stereocenters. The van der Waals surface area contributed by atoms with Crippen LogP contribution in [0.15, 0.2) is 72.8 Å². The van der Waals surface area contributed by atoms with Crippen molar-refractivity contribution in [1.82, 2.24) is 10.2 Å². The van der Waals surface area contributed by atoms with Crippen molar-refractivity contribution < 1.29 is 28.5 Å². The van der Waals surface area contributed by atoms with Gasteiger partial charge in [0.2, 0.25) is 0 Å². The SMILES string of the molecule is COCCCOc1cc(C(=O)N(C[C@@H]2CNC[C@@H]2OCc2cccc(OCc3ccccc3)c2)C(C)C)ccc1OC. The van der Waals surface area contributed by atoms with Crippen molar-refractivity contribution in [1.29, 1.82) is 0 Å². The van der Waals surface area contributed by atoms with Crippen molar-refractivity contribution in [2.24, 2.45) is 5.92 Å². The molecule has 1 amide bonds. The highest BCUT2D eigenvalue weighted by atomic mass is 16.5. The van der Waals surface area contributed by atoms with E-state index in [1.165, 1.54) is 0 Å². The Kier molecular flexibility index (Phi) is 12.1. The number of carbonyl (C=O) groups excluding carboxylic acids is 1. The third kappa shape index (κ3) is 8.95. The van der Waals surface area contributed by atoms with Gasteiger partial charge < -0.3 is 33.9 Å². The molecule has 8 heteroatoms. The molecular weight excluding hydrogens is 532 g/mol. The third-order valence-electron chi connectivity index (χ3n) is 7.37. The molecule has 1 heterocycles. The molecule has 4 rings (SSSR count). The molecule has 3 aromatic rings. The lowest BCUT2D eigenvalue weighted by Gasteiger charge is -2.31. The van der Waals surface area contributed by atoms with Crippen molar-refractivity contribution in [3.05, 3.63) is 89.5 Å². The van der Waals surface area contributed by atoms with Gasteiger partial charge in [-0.25, -0.2) is 0 Å². The summed E-state index contributed by atoms with van der Waals surface area (Å²) in [6, 6.07) is 23.5. The highest BCUT2D eigenvalue weighted by Crippen LogP contribution is 2.29. The Labute approximate surface area is 249 Å². The molecule has 1 aliphatic rings. The van der Waals surface area contributed by atoms with Crippen LogP contribution in [-0.4, -0.2) is 70.0 Å². The summed E-state index contributed by atoms with van der Waals surface area (Å²) in [6.45, 7) is 8.29. The van der Waals surface area contributed by atoms with Gasteiger partial charge in [0.15, 0.2) is 11.5 Å². The summed E-state index contributed by atoms with van der Waals surface area (Å²) in [4.78, 5) is 15.6. The maximum Gasteiger partial charge on any atom is 0.254 e. The Bertz CT molecular complexity index is 1250. The zero-order valence-corrected chi connectivity index (χ0v) is 25.2. The Morgan fingerprint density at radius 3 is 2.45 bits per heavy atom. The molecule has 1 fully saturated rings. The van der Waals surface area contributed by atoms with Crippen LogP contribution in [-0.2, 0) is 22.7 Å². The standard InChI is InChI=1S/C34H44N2O6/c1-25(2)36(34(37)28-14-15-31(39-4)32(19-28)40-17-9-16-38-3)22-29-20-35-21-33(29)42-24-27-12-8-13-30(18-27)41-23-26-10-6-5-7-11-26/h5-8,10-15,18-19,25,29,33,35H,9,16-17,20-24H2,1-4H3/t29-,33-/m0/s1. The van der Waals surface area contributed by atoms with Crippen LogP contribution in [0.2, 0.25) is 0 Å². The Balaban J connectivity index is 1.36. The zero-order chi connectivity index (χ0) is 29.7. The fourth-order valence-corrected chi connectivity index (χ4v) is 5.01. The first kappa shape index (κ1) is 31.3. The summed E-state index contributed by atoms with van der Waals surface area (Å²) in [6.07, 6.45) is 0.736. The molecule has 226 valence electrons. The minimum atomic E-state index is -0.0386. The molecule has 0 spiro atoms. The zero-order valence-electron chi connectivity index (χ0n) is 25.2. The number of benzene rings is 3. The smallest absolute Gasteiger partial charge is 0.254 e. The second-order valence-corrected chi connectivity index (χ2v) is 10.8. The van der Waals surface area contributed by atoms with E-state index in [0.717, 1.165) is 36.4 Å². The van der Waals surface area contributed by atoms with E-state index in [4.69, 9.17) is 23.7 Å². The minimum absolute atomic E-state index is 0.0107. The topological polar surface area (TPSA) is 78.5 Å². The average molecular weight is 577 g/mol. The highest BCUT2D eigenvalue weighted by molar-refractivity contribution is 5.95. The molecule has 1 N–H and O–H groups in total. The Morgan fingerprint density at radius 1 is 0.881 bits per heavy atom. The van der Waals surface area contributed by atoms with E-state index in [1.807, 2.05) is 55.1 Å². The predicted octanol–water partition coefficient (Wildman–Crippen LogP) is 5.34. The van der Waals surface area contributed by atoms with Crippen LogP contribution in [0.1, 0.15) is 41.8 Å². The summed E-state index contributed by atoms with van der Waals surface area (Å²) >= 11 is 0. The molecule has 42 heavy (non-hydrogen) atoms. The van der Waals surface area contributed by atoms with Crippen molar-refractivity contribution in [3.8, 4) is 17.2 Å². The molecule has 1 aliphatic heterocycles. The Morgan fingerprint density at radius 2 is 1.69 bits per heavy atom. The van der Waals surface area contributed by atoms with Gasteiger partial charge in [0, 0.05) is 57.3 Å². The summed E-state index contributed by atoms with van der Waals surface area (Å²) in [5, 5.41) is 3.45. The van der Waals surface area contributed by atoms with Crippen LogP contribution in [0, 0.1) is 5.92 Å². The van der Waals surface area contributed by atoms with Crippen molar-refractivity contribution in [2.75, 3.05) is 47.1 Å². The van der Waals surface area contributed by atoms with Gasteiger partial charge in [-0.2, -0.15) is 0 Å². The number of hydrogen-bond acceptors (Lipinski definition) is 7. The van der Waals surface area contributed by atoms with E-state index in [0.29, 0.717) is 50.0 Å². The van der Waals surface area contributed by atoms with E-state index >= 15 is 0 Å². The normalized spacial score (nSPS) is 16.4. The van der Waals surface area contributed by atoms with E-state index in [1.54, 1.807) is 32.4 Å². The summed E-state index contributed by atoms with van der Waals surface area (Å²) in [7, 11) is 3.26. The number of rotatable bonds is 16. The summed E-state index contributed by atoms with van der Waals surface area (Å²) in [5.41, 5.74) is 2.75. The lowest BCUT2D eigenvalue weighted by molar-refractivity contribution is 0.0128. The minimum Gasteiger partial charge on any atom is -0.493 e. The molecule has 0 aliphatic carbocycles. The van der Waals surface area contributed by atoms with Crippen molar-refractivity contribution in [3.63, 3.8) is 0 Å². The molecule has 0 radical (unpaired) electrons. The van der Waals surface area contributed by atoms with Gasteiger partial charge in [0.25, 0.3) is 5.91 Å². The number of nitrogens with zero attached hydrogens (tertiary/aromatic N) is 1. The lowest BCUT2D eigenvalue weighted by Crippen LogP contribution is -2.43. The number of amides is 1. The van der Waals surface area contributed by atoms with Crippen LogP contribution in [0.25, 0.3) is 0 Å². The maximum atomic E-state index is 13.7. The van der Waals surface area contributed by atoms with Crippen LogP contribution < -0.4 is 19.5 Å².